The Bertz CT molecular complexity index is 294. The van der Waals surface area contributed by atoms with Gasteiger partial charge in [0.15, 0.2) is 0 Å². The maximum absolute atomic E-state index is 3.37. The number of benzene rings is 1. The first-order valence-electron chi connectivity index (χ1n) is 6.00. The Morgan fingerprint density at radius 1 is 1.19 bits per heavy atom. The molecule has 0 spiro atoms. The fraction of sp³-hybridized carbons (Fsp3) is 0.538. The third-order valence-corrected chi connectivity index (χ3v) is 3.98. The predicted molar refractivity (Wildman–Crippen MR) is 68.2 cm³/mol. The van der Waals surface area contributed by atoms with E-state index in [4.69, 9.17) is 0 Å². The first kappa shape index (κ1) is 12.5. The molecule has 16 heavy (non-hydrogen) atoms. The summed E-state index contributed by atoms with van der Waals surface area (Å²) in [5.74, 6) is 0.907. The van der Waals surface area contributed by atoms with Gasteiger partial charge >= 0.3 is 114 Å². The predicted octanol–water partition coefficient (Wildman–Crippen LogP) is 1.57. The standard InChI is InChI=1S/C13H19N2.Po/c14-10-12-6-8-15(9-7-12)11-13-4-2-1-3-5-13;/h1-5,12,14H,6-11H2;/q-1;+1. The van der Waals surface area contributed by atoms with Crippen molar-refractivity contribution in [2.45, 2.75) is 19.4 Å². The molecule has 1 aromatic rings. The van der Waals surface area contributed by atoms with Gasteiger partial charge in [-0.1, -0.05) is 0 Å². The van der Waals surface area contributed by atoms with Crippen molar-refractivity contribution in [1.29, 1.82) is 0 Å². The molecule has 0 saturated carbocycles. The van der Waals surface area contributed by atoms with Crippen molar-refractivity contribution in [3.8, 4) is 0 Å². The topological polar surface area (TPSA) is 15.3 Å². The summed E-state index contributed by atoms with van der Waals surface area (Å²) < 4.78 is 3.37. The van der Waals surface area contributed by atoms with E-state index in [9.17, 15) is 0 Å². The average Bonchev–Trinajstić information content (AvgIpc) is 2.33. The summed E-state index contributed by atoms with van der Waals surface area (Å²) in [6.45, 7) is 4.86. The van der Waals surface area contributed by atoms with Crippen LogP contribution < -0.4 is 3.22 Å². The molecule has 1 fully saturated rings. The maximum atomic E-state index is 3.37. The van der Waals surface area contributed by atoms with Gasteiger partial charge in [-0.05, 0) is 0 Å². The van der Waals surface area contributed by atoms with Crippen LogP contribution in [0.3, 0.4) is 0 Å². The number of rotatable bonds is 4. The van der Waals surface area contributed by atoms with Crippen molar-refractivity contribution >= 4 is 25.4 Å². The number of hydrogen-bond acceptors (Lipinski definition) is 2. The van der Waals surface area contributed by atoms with Crippen molar-refractivity contribution < 1.29 is 0 Å². The minimum atomic E-state index is 0.907. The van der Waals surface area contributed by atoms with Crippen LogP contribution in [0.4, 0.5) is 0 Å². The second-order valence-electron chi connectivity index (χ2n) is 4.55. The zero-order chi connectivity index (χ0) is 11.2. The fourth-order valence-electron chi connectivity index (χ4n) is 2.31. The normalized spacial score (nSPS) is 18.8. The van der Waals surface area contributed by atoms with Gasteiger partial charge in [0.2, 0.25) is 0 Å². The first-order chi connectivity index (χ1) is 7.88. The molecule has 0 bridgehead atoms. The van der Waals surface area contributed by atoms with Gasteiger partial charge in [0, 0.05) is 0 Å². The number of hydrogen-bond donors (Lipinski definition) is 1. The van der Waals surface area contributed by atoms with Gasteiger partial charge in [0.1, 0.15) is 0 Å². The molecule has 1 aliphatic rings. The molecular formula is C13H19N2Po. The zero-order valence-corrected chi connectivity index (χ0v) is 12.7. The zero-order valence-electron chi connectivity index (χ0n) is 9.56. The monoisotopic (exact) mass is 412 g/mol. The Labute approximate surface area is 114 Å². The molecule has 2 nitrogen and oxygen atoms in total. The average molecular weight is 412 g/mol. The van der Waals surface area contributed by atoms with E-state index in [-0.39, 0.29) is 0 Å². The van der Waals surface area contributed by atoms with E-state index in [1.807, 2.05) is 0 Å². The molecular weight excluding hydrogens is 393 g/mol. The molecule has 3 heteroatoms. The van der Waals surface area contributed by atoms with Gasteiger partial charge in [-0.3, -0.25) is 0 Å². The quantitative estimate of drug-likeness (QED) is 0.808. The van der Waals surface area contributed by atoms with Gasteiger partial charge in [0.05, 0.1) is 0 Å². The van der Waals surface area contributed by atoms with Crippen LogP contribution in [-0.2, 0) is 6.54 Å². The van der Waals surface area contributed by atoms with Crippen LogP contribution in [0.15, 0.2) is 30.3 Å². The molecule has 2 rings (SSSR count). The molecule has 87 valence electrons. The Morgan fingerprint density at radius 2 is 1.88 bits per heavy atom. The van der Waals surface area contributed by atoms with Gasteiger partial charge in [-0.15, -0.1) is 0 Å². The van der Waals surface area contributed by atoms with Crippen LogP contribution in [-0.4, -0.2) is 49.9 Å². The minimum absolute atomic E-state index is 0.907. The molecule has 1 aliphatic heterocycles. The van der Waals surface area contributed by atoms with E-state index in [2.05, 4.69) is 38.4 Å². The fourth-order valence-corrected chi connectivity index (χ4v) is 3.22. The molecule has 1 radical (unpaired) electrons. The molecule has 1 saturated heterocycles. The Morgan fingerprint density at radius 3 is 2.50 bits per heavy atom. The van der Waals surface area contributed by atoms with Crippen LogP contribution in [0.2, 0.25) is 0 Å². The van der Waals surface area contributed by atoms with Crippen LogP contribution in [0.1, 0.15) is 18.4 Å². The van der Waals surface area contributed by atoms with Gasteiger partial charge in [0.25, 0.3) is 0 Å². The molecule has 0 unspecified atom stereocenters. The van der Waals surface area contributed by atoms with Crippen molar-refractivity contribution in [2.24, 2.45) is 5.92 Å². The van der Waals surface area contributed by atoms with Crippen molar-refractivity contribution in [3.05, 3.63) is 35.9 Å². The van der Waals surface area contributed by atoms with Crippen LogP contribution in [0.25, 0.3) is 0 Å². The number of nitrogens with one attached hydrogen (secondary N) is 1. The Balaban J connectivity index is 1.77. The van der Waals surface area contributed by atoms with Crippen LogP contribution in [0.5, 0.6) is 0 Å². The number of piperidine rings is 1. The van der Waals surface area contributed by atoms with E-state index in [0.29, 0.717) is 0 Å². The van der Waals surface area contributed by atoms with Crippen molar-refractivity contribution in [3.63, 3.8) is 0 Å². The summed E-state index contributed by atoms with van der Waals surface area (Å²) in [6, 6.07) is 10.8. The molecule has 0 amide bonds. The van der Waals surface area contributed by atoms with E-state index >= 15 is 0 Å². The van der Waals surface area contributed by atoms with E-state index in [1.54, 1.807) is 0 Å². The van der Waals surface area contributed by atoms with Gasteiger partial charge in [-0.2, -0.15) is 0 Å². The third kappa shape index (κ3) is 3.81. The summed E-state index contributed by atoms with van der Waals surface area (Å²) in [5.41, 5.74) is 1.44. The molecule has 0 atom stereocenters. The number of likely N-dealkylation sites (tertiary alicyclic amines) is 1. The summed E-state index contributed by atoms with van der Waals surface area (Å²) in [6.07, 6.45) is 2.71. The molecule has 1 aromatic carbocycles. The number of nitrogens with zero attached hydrogens (tertiary/aromatic N) is 1. The van der Waals surface area contributed by atoms with E-state index in [0.717, 1.165) is 12.5 Å². The van der Waals surface area contributed by atoms with Crippen LogP contribution >= 0.6 is 0 Å². The van der Waals surface area contributed by atoms with Crippen molar-refractivity contribution in [2.75, 3.05) is 19.6 Å². The molecule has 1 N–H and O–H groups in total. The second kappa shape index (κ2) is 6.69. The molecule has 0 aromatic heterocycles. The third-order valence-electron chi connectivity index (χ3n) is 3.33. The molecule has 0 aliphatic carbocycles. The van der Waals surface area contributed by atoms with E-state index in [1.165, 1.54) is 63.4 Å². The van der Waals surface area contributed by atoms with Gasteiger partial charge in [-0.25, -0.2) is 0 Å². The van der Waals surface area contributed by atoms with E-state index < -0.39 is 0 Å². The Hall–Kier alpha value is 0.0361. The van der Waals surface area contributed by atoms with Crippen molar-refractivity contribution in [1.82, 2.24) is 8.12 Å². The van der Waals surface area contributed by atoms with Crippen LogP contribution in [0, 0.1) is 5.92 Å². The van der Waals surface area contributed by atoms with Gasteiger partial charge < -0.3 is 0 Å². The summed E-state index contributed by atoms with van der Waals surface area (Å²) in [7, 11) is 0. The Kier molecular flexibility index (Phi) is 5.23. The summed E-state index contributed by atoms with van der Waals surface area (Å²) in [4.78, 5) is 2.58. The summed E-state index contributed by atoms with van der Waals surface area (Å²) in [5, 5.41) is 0. The SMILES string of the molecule is [Po][NH]CC1CCN(Cc2ccccc2)CC1. The second-order valence-corrected chi connectivity index (χ2v) is 5.68. The summed E-state index contributed by atoms with van der Waals surface area (Å²) >= 11 is 1.50. The molecule has 1 heterocycles. The first-order valence-corrected chi connectivity index (χ1v) is 7.58.